The Labute approximate surface area is 179 Å². The van der Waals surface area contributed by atoms with Crippen LogP contribution in [-0.2, 0) is 9.53 Å². The first-order valence-electron chi connectivity index (χ1n) is 10.1. The van der Waals surface area contributed by atoms with Gasteiger partial charge in [0.1, 0.15) is 17.2 Å². The number of aromatic nitrogens is 4. The number of aryl methyl sites for hydroxylation is 1. The van der Waals surface area contributed by atoms with E-state index in [4.69, 9.17) is 9.72 Å². The molecule has 158 valence electrons. The number of para-hydroxylation sites is 2. The van der Waals surface area contributed by atoms with Crippen molar-refractivity contribution in [2.45, 2.75) is 50.7 Å². The molecule has 1 aromatic carbocycles. The number of esters is 1. The van der Waals surface area contributed by atoms with Crippen molar-refractivity contribution in [2.24, 2.45) is 0 Å². The van der Waals surface area contributed by atoms with Crippen LogP contribution in [0.15, 0.2) is 35.2 Å². The highest BCUT2D eigenvalue weighted by Crippen LogP contribution is 2.36. The van der Waals surface area contributed by atoms with E-state index in [0.29, 0.717) is 11.9 Å². The minimum Gasteiger partial charge on any atom is -0.510 e. The number of carbonyl (C=O) groups excluding carboxylic acids is 1. The number of aliphatic hydroxyl groups is 1. The summed E-state index contributed by atoms with van der Waals surface area (Å²) >= 11 is 1.43. The number of hydrogen-bond acceptors (Lipinski definition) is 6. The van der Waals surface area contributed by atoms with E-state index in [9.17, 15) is 9.90 Å². The van der Waals surface area contributed by atoms with Crippen LogP contribution in [0.25, 0.3) is 16.6 Å². The predicted molar refractivity (Wildman–Crippen MR) is 118 cm³/mol. The van der Waals surface area contributed by atoms with Gasteiger partial charge in [0, 0.05) is 11.7 Å². The van der Waals surface area contributed by atoms with Crippen LogP contribution in [0.2, 0.25) is 0 Å². The van der Waals surface area contributed by atoms with E-state index in [1.54, 1.807) is 0 Å². The molecule has 1 fully saturated rings. The lowest BCUT2D eigenvalue weighted by Crippen LogP contribution is -2.11. The summed E-state index contributed by atoms with van der Waals surface area (Å²) in [4.78, 5) is 24.7. The Balaban J connectivity index is 1.65. The van der Waals surface area contributed by atoms with Crippen molar-refractivity contribution in [3.05, 3.63) is 47.2 Å². The summed E-state index contributed by atoms with van der Waals surface area (Å²) in [5, 5.41) is 11.7. The number of benzene rings is 1. The summed E-state index contributed by atoms with van der Waals surface area (Å²) in [6, 6.07) is 7.93. The number of fused-ring (bicyclic) bond motifs is 1. The molecule has 0 atom stereocenters. The van der Waals surface area contributed by atoms with Gasteiger partial charge in [-0.3, -0.25) is 0 Å². The first-order chi connectivity index (χ1) is 14.5. The molecule has 4 rings (SSSR count). The van der Waals surface area contributed by atoms with E-state index >= 15 is 0 Å². The summed E-state index contributed by atoms with van der Waals surface area (Å²) in [6.45, 7) is 4.10. The standard InChI is InChI=1S/C22H26N4O3S/c1-13-14(2)26(15-8-4-5-9-15)22(23-13)30-12-18(27)19(21(28)29-3)20-24-16-10-6-7-11-17(16)25-20/h6-7,10-11,15,27H,4-5,8-9,12H2,1-3H3,(H,24,25)/b19-18+. The Kier molecular flexibility index (Phi) is 5.85. The molecule has 2 aromatic heterocycles. The number of thioether (sulfide) groups is 1. The van der Waals surface area contributed by atoms with Gasteiger partial charge in [0.25, 0.3) is 0 Å². The number of nitrogens with one attached hydrogen (secondary N) is 1. The van der Waals surface area contributed by atoms with E-state index in [-0.39, 0.29) is 17.1 Å². The monoisotopic (exact) mass is 426 g/mol. The average molecular weight is 427 g/mol. The van der Waals surface area contributed by atoms with Crippen LogP contribution >= 0.6 is 11.8 Å². The molecule has 1 aliphatic rings. The maximum atomic E-state index is 12.4. The van der Waals surface area contributed by atoms with E-state index in [1.165, 1.54) is 37.4 Å². The number of hydrogen-bond donors (Lipinski definition) is 2. The lowest BCUT2D eigenvalue weighted by atomic mass is 10.2. The van der Waals surface area contributed by atoms with Gasteiger partial charge in [0.15, 0.2) is 5.16 Å². The lowest BCUT2D eigenvalue weighted by Gasteiger charge is -2.17. The van der Waals surface area contributed by atoms with Crippen molar-refractivity contribution in [3.8, 4) is 0 Å². The third-order valence-corrected chi connectivity index (χ3v) is 6.65. The molecule has 1 aliphatic carbocycles. The topological polar surface area (TPSA) is 93.0 Å². The number of imidazole rings is 2. The molecule has 0 bridgehead atoms. The predicted octanol–water partition coefficient (Wildman–Crippen LogP) is 4.73. The Hall–Kier alpha value is -2.74. The molecule has 0 amide bonds. The van der Waals surface area contributed by atoms with Crippen molar-refractivity contribution in [1.82, 2.24) is 19.5 Å². The molecule has 1 saturated carbocycles. The van der Waals surface area contributed by atoms with Crippen molar-refractivity contribution in [1.29, 1.82) is 0 Å². The summed E-state index contributed by atoms with van der Waals surface area (Å²) < 4.78 is 7.21. The number of carbonyl (C=O) groups is 1. The number of nitrogens with zero attached hydrogens (tertiary/aromatic N) is 3. The van der Waals surface area contributed by atoms with Crippen molar-refractivity contribution in [3.63, 3.8) is 0 Å². The molecule has 2 heterocycles. The first kappa shape index (κ1) is 20.5. The van der Waals surface area contributed by atoms with Crippen LogP contribution in [0.4, 0.5) is 0 Å². The number of rotatable bonds is 6. The van der Waals surface area contributed by atoms with Crippen LogP contribution in [0.3, 0.4) is 0 Å². The maximum Gasteiger partial charge on any atom is 0.345 e. The van der Waals surface area contributed by atoms with Gasteiger partial charge in [-0.1, -0.05) is 36.7 Å². The molecule has 8 heteroatoms. The van der Waals surface area contributed by atoms with Crippen LogP contribution in [0.1, 0.15) is 48.9 Å². The van der Waals surface area contributed by atoms with Crippen LogP contribution < -0.4 is 0 Å². The van der Waals surface area contributed by atoms with Gasteiger partial charge in [-0.25, -0.2) is 14.8 Å². The quantitative estimate of drug-likeness (QED) is 0.256. The zero-order valence-corrected chi connectivity index (χ0v) is 18.3. The molecule has 0 saturated heterocycles. The Morgan fingerprint density at radius 2 is 2.00 bits per heavy atom. The second kappa shape index (κ2) is 8.55. The third kappa shape index (κ3) is 3.84. The molecule has 7 nitrogen and oxygen atoms in total. The van der Waals surface area contributed by atoms with Crippen LogP contribution in [0.5, 0.6) is 0 Å². The Bertz CT molecular complexity index is 1080. The number of methoxy groups -OCH3 is 1. The van der Waals surface area contributed by atoms with Crippen molar-refractivity contribution < 1.29 is 14.6 Å². The fourth-order valence-corrected chi connectivity index (χ4v) is 5.06. The number of aromatic amines is 1. The second-order valence-electron chi connectivity index (χ2n) is 7.58. The first-order valence-corrected chi connectivity index (χ1v) is 11.1. The van der Waals surface area contributed by atoms with Gasteiger partial charge in [0.2, 0.25) is 0 Å². The molecular weight excluding hydrogens is 400 g/mol. The molecule has 0 spiro atoms. The fraction of sp³-hybridized carbons (Fsp3) is 0.409. The van der Waals surface area contributed by atoms with Crippen LogP contribution in [0, 0.1) is 13.8 Å². The smallest absolute Gasteiger partial charge is 0.345 e. The molecule has 3 aromatic rings. The van der Waals surface area contributed by atoms with E-state index in [0.717, 1.165) is 34.7 Å². The molecule has 2 N–H and O–H groups in total. The highest BCUT2D eigenvalue weighted by Gasteiger charge is 2.25. The molecule has 30 heavy (non-hydrogen) atoms. The number of H-pyrrole nitrogens is 1. The largest absolute Gasteiger partial charge is 0.510 e. The SMILES string of the molecule is COC(=O)/C(=C(/O)CSc1nc(C)c(C)n1C1CCCC1)c1nc2ccccc2[nH]1. The summed E-state index contributed by atoms with van der Waals surface area (Å²) in [5.41, 5.74) is 3.72. The minimum atomic E-state index is -0.626. The van der Waals surface area contributed by atoms with E-state index in [1.807, 2.05) is 31.2 Å². The van der Waals surface area contributed by atoms with Gasteiger partial charge < -0.3 is 19.4 Å². The molecule has 0 unspecified atom stereocenters. The highest BCUT2D eigenvalue weighted by molar-refractivity contribution is 7.99. The molecular formula is C22H26N4O3S. The summed E-state index contributed by atoms with van der Waals surface area (Å²) in [6.07, 6.45) is 4.76. The van der Waals surface area contributed by atoms with E-state index in [2.05, 4.69) is 21.5 Å². The fourth-order valence-electron chi connectivity index (χ4n) is 4.02. The van der Waals surface area contributed by atoms with Crippen molar-refractivity contribution >= 4 is 34.3 Å². The number of ether oxygens (including phenoxy) is 1. The van der Waals surface area contributed by atoms with E-state index < -0.39 is 5.97 Å². The Morgan fingerprint density at radius 1 is 1.27 bits per heavy atom. The average Bonchev–Trinajstić information content (AvgIpc) is 3.46. The van der Waals surface area contributed by atoms with Gasteiger partial charge in [0.05, 0.1) is 29.6 Å². The zero-order chi connectivity index (χ0) is 21.3. The van der Waals surface area contributed by atoms with Gasteiger partial charge >= 0.3 is 5.97 Å². The molecule has 0 aliphatic heterocycles. The third-order valence-electron chi connectivity index (χ3n) is 5.69. The summed E-state index contributed by atoms with van der Waals surface area (Å²) in [7, 11) is 1.30. The van der Waals surface area contributed by atoms with Crippen molar-refractivity contribution in [2.75, 3.05) is 12.9 Å². The highest BCUT2D eigenvalue weighted by atomic mass is 32.2. The lowest BCUT2D eigenvalue weighted by molar-refractivity contribution is -0.133. The normalized spacial score (nSPS) is 15.6. The van der Waals surface area contributed by atoms with Gasteiger partial charge in [-0.05, 0) is 38.8 Å². The number of aliphatic hydroxyl groups excluding tert-OH is 1. The molecule has 0 radical (unpaired) electrons. The minimum absolute atomic E-state index is 0.0496. The zero-order valence-electron chi connectivity index (χ0n) is 17.4. The second-order valence-corrected chi connectivity index (χ2v) is 8.52. The van der Waals surface area contributed by atoms with Gasteiger partial charge in [-0.15, -0.1) is 0 Å². The van der Waals surface area contributed by atoms with Crippen LogP contribution in [-0.4, -0.2) is 43.5 Å². The maximum absolute atomic E-state index is 12.4. The Morgan fingerprint density at radius 3 is 2.70 bits per heavy atom. The summed E-state index contributed by atoms with van der Waals surface area (Å²) in [5.74, 6) is -0.210. The van der Waals surface area contributed by atoms with Gasteiger partial charge in [-0.2, -0.15) is 0 Å².